The molecule has 6 heteroatoms. The SMILES string of the molecule is CCC(N)(CC)C(=O)NCC(C)(C)S(C)(=O)=O. The number of nitrogens with two attached hydrogens (primary N) is 1. The predicted molar refractivity (Wildman–Crippen MR) is 69.4 cm³/mol. The van der Waals surface area contributed by atoms with Crippen LogP contribution in [0.25, 0.3) is 0 Å². The second-order valence-electron chi connectivity index (χ2n) is 5.08. The zero-order chi connectivity index (χ0) is 13.9. The van der Waals surface area contributed by atoms with Crippen LogP contribution in [0.4, 0.5) is 0 Å². The predicted octanol–water partition coefficient (Wildman–Crippen LogP) is 0.443. The molecule has 0 aromatic rings. The van der Waals surface area contributed by atoms with Gasteiger partial charge in [-0.05, 0) is 26.7 Å². The third-order valence-corrected chi connectivity index (χ3v) is 5.54. The Bertz CT molecular complexity index is 370. The maximum atomic E-state index is 11.9. The molecule has 0 aromatic carbocycles. The van der Waals surface area contributed by atoms with Crippen molar-refractivity contribution in [3.8, 4) is 0 Å². The van der Waals surface area contributed by atoms with E-state index in [2.05, 4.69) is 5.32 Å². The second kappa shape index (κ2) is 5.35. The molecule has 17 heavy (non-hydrogen) atoms. The molecular weight excluding hydrogens is 240 g/mol. The molecule has 0 aliphatic rings. The monoisotopic (exact) mass is 264 g/mol. The van der Waals surface area contributed by atoms with Crippen LogP contribution in [-0.2, 0) is 14.6 Å². The van der Waals surface area contributed by atoms with Crippen molar-refractivity contribution in [2.75, 3.05) is 12.8 Å². The average Bonchev–Trinajstić information content (AvgIpc) is 2.23. The van der Waals surface area contributed by atoms with Crippen molar-refractivity contribution in [1.29, 1.82) is 0 Å². The Labute approximate surface area is 104 Å². The highest BCUT2D eigenvalue weighted by Crippen LogP contribution is 2.15. The quantitative estimate of drug-likeness (QED) is 0.728. The minimum atomic E-state index is -3.21. The molecule has 0 atom stereocenters. The Morgan fingerprint density at radius 3 is 1.94 bits per heavy atom. The fourth-order valence-electron chi connectivity index (χ4n) is 1.17. The van der Waals surface area contributed by atoms with Gasteiger partial charge in [-0.2, -0.15) is 0 Å². The van der Waals surface area contributed by atoms with Crippen molar-refractivity contribution in [3.63, 3.8) is 0 Å². The van der Waals surface area contributed by atoms with E-state index in [1.165, 1.54) is 0 Å². The number of carbonyl (C=O) groups is 1. The van der Waals surface area contributed by atoms with Crippen molar-refractivity contribution < 1.29 is 13.2 Å². The van der Waals surface area contributed by atoms with E-state index in [-0.39, 0.29) is 12.5 Å². The Morgan fingerprint density at radius 2 is 1.65 bits per heavy atom. The van der Waals surface area contributed by atoms with Crippen LogP contribution in [0.5, 0.6) is 0 Å². The van der Waals surface area contributed by atoms with Gasteiger partial charge in [0.15, 0.2) is 9.84 Å². The van der Waals surface area contributed by atoms with Gasteiger partial charge in [-0.15, -0.1) is 0 Å². The molecule has 3 N–H and O–H groups in total. The minimum Gasteiger partial charge on any atom is -0.353 e. The van der Waals surface area contributed by atoms with Gasteiger partial charge in [0.25, 0.3) is 0 Å². The van der Waals surface area contributed by atoms with Crippen LogP contribution in [-0.4, -0.2) is 37.4 Å². The molecule has 5 nitrogen and oxygen atoms in total. The van der Waals surface area contributed by atoms with Crippen molar-refractivity contribution in [1.82, 2.24) is 5.32 Å². The molecule has 0 saturated carbocycles. The van der Waals surface area contributed by atoms with Gasteiger partial charge in [-0.1, -0.05) is 13.8 Å². The summed E-state index contributed by atoms with van der Waals surface area (Å²) in [6.45, 7) is 6.91. The Hall–Kier alpha value is -0.620. The molecule has 0 heterocycles. The molecule has 1 amide bonds. The lowest BCUT2D eigenvalue weighted by molar-refractivity contribution is -0.126. The van der Waals surface area contributed by atoms with Crippen LogP contribution in [0.15, 0.2) is 0 Å². The number of hydrogen-bond donors (Lipinski definition) is 2. The third-order valence-electron chi connectivity index (χ3n) is 3.39. The molecular formula is C11H24N2O3S. The van der Waals surface area contributed by atoms with Crippen LogP contribution in [0, 0.1) is 0 Å². The van der Waals surface area contributed by atoms with Gasteiger partial charge in [0.1, 0.15) is 0 Å². The van der Waals surface area contributed by atoms with Crippen molar-refractivity contribution in [2.24, 2.45) is 5.73 Å². The number of amides is 1. The first-order valence-electron chi connectivity index (χ1n) is 5.77. The molecule has 0 saturated heterocycles. The van der Waals surface area contributed by atoms with Gasteiger partial charge >= 0.3 is 0 Å². The first-order valence-corrected chi connectivity index (χ1v) is 7.66. The minimum absolute atomic E-state index is 0.0730. The van der Waals surface area contributed by atoms with E-state index in [4.69, 9.17) is 5.73 Å². The zero-order valence-electron chi connectivity index (χ0n) is 11.3. The zero-order valence-corrected chi connectivity index (χ0v) is 12.1. The summed E-state index contributed by atoms with van der Waals surface area (Å²) in [4.78, 5) is 11.9. The van der Waals surface area contributed by atoms with Gasteiger partial charge in [0.2, 0.25) is 5.91 Å². The van der Waals surface area contributed by atoms with Crippen LogP contribution in [0.3, 0.4) is 0 Å². The molecule has 0 unspecified atom stereocenters. The van der Waals surface area contributed by atoms with E-state index < -0.39 is 20.1 Å². The largest absolute Gasteiger partial charge is 0.353 e. The Balaban J connectivity index is 4.66. The normalized spacial score (nSPS) is 13.5. The summed E-state index contributed by atoms with van der Waals surface area (Å²) in [7, 11) is -3.21. The van der Waals surface area contributed by atoms with Crippen molar-refractivity contribution in [3.05, 3.63) is 0 Å². The van der Waals surface area contributed by atoms with Gasteiger partial charge in [0.05, 0.1) is 10.3 Å². The number of carbonyl (C=O) groups excluding carboxylic acids is 1. The van der Waals surface area contributed by atoms with Gasteiger partial charge < -0.3 is 11.1 Å². The summed E-state index contributed by atoms with van der Waals surface area (Å²) < 4.78 is 22.0. The fraction of sp³-hybridized carbons (Fsp3) is 0.909. The first kappa shape index (κ1) is 16.4. The lowest BCUT2D eigenvalue weighted by Gasteiger charge is -2.28. The van der Waals surface area contributed by atoms with Gasteiger partial charge in [-0.3, -0.25) is 4.79 Å². The molecule has 0 rings (SSSR count). The van der Waals surface area contributed by atoms with Crippen molar-refractivity contribution in [2.45, 2.75) is 50.8 Å². The molecule has 0 aliphatic carbocycles. The molecule has 0 spiro atoms. The van der Waals surface area contributed by atoms with Gasteiger partial charge in [0, 0.05) is 12.8 Å². The highest BCUT2D eigenvalue weighted by atomic mass is 32.2. The topological polar surface area (TPSA) is 89.3 Å². The van der Waals surface area contributed by atoms with Crippen LogP contribution >= 0.6 is 0 Å². The van der Waals surface area contributed by atoms with E-state index >= 15 is 0 Å². The molecule has 0 aliphatic heterocycles. The van der Waals surface area contributed by atoms with Crippen molar-refractivity contribution >= 4 is 15.7 Å². The molecule has 102 valence electrons. The van der Waals surface area contributed by atoms with E-state index in [0.717, 1.165) is 6.26 Å². The summed E-state index contributed by atoms with van der Waals surface area (Å²) in [5.74, 6) is -0.292. The molecule has 0 bridgehead atoms. The summed E-state index contributed by atoms with van der Waals surface area (Å²) in [6.07, 6.45) is 2.21. The average molecular weight is 264 g/mol. The number of sulfone groups is 1. The standard InChI is InChI=1S/C11H24N2O3S/c1-6-11(12,7-2)9(14)13-8-10(3,4)17(5,15)16/h6-8,12H2,1-5H3,(H,13,14). The second-order valence-corrected chi connectivity index (χ2v) is 7.73. The van der Waals surface area contributed by atoms with E-state index in [0.29, 0.717) is 12.8 Å². The first-order chi connectivity index (χ1) is 7.50. The highest BCUT2D eigenvalue weighted by molar-refractivity contribution is 7.92. The van der Waals surface area contributed by atoms with Gasteiger partial charge in [-0.25, -0.2) is 8.42 Å². The van der Waals surface area contributed by atoms with E-state index in [1.54, 1.807) is 13.8 Å². The summed E-state index contributed by atoms with van der Waals surface area (Å²) in [6, 6.07) is 0. The van der Waals surface area contributed by atoms with E-state index in [9.17, 15) is 13.2 Å². The molecule has 0 radical (unpaired) electrons. The number of nitrogens with one attached hydrogen (secondary N) is 1. The fourth-order valence-corrected chi connectivity index (χ4v) is 1.51. The molecule has 0 aromatic heterocycles. The Kier molecular flexibility index (Phi) is 5.16. The van der Waals surface area contributed by atoms with E-state index in [1.807, 2.05) is 13.8 Å². The van der Waals surface area contributed by atoms with Crippen LogP contribution < -0.4 is 11.1 Å². The van der Waals surface area contributed by atoms with Crippen LogP contribution in [0.1, 0.15) is 40.5 Å². The maximum Gasteiger partial charge on any atom is 0.240 e. The third kappa shape index (κ3) is 3.96. The number of rotatable bonds is 6. The van der Waals surface area contributed by atoms with Crippen LogP contribution in [0.2, 0.25) is 0 Å². The molecule has 0 fully saturated rings. The maximum absolute atomic E-state index is 11.9. The smallest absolute Gasteiger partial charge is 0.240 e. The number of hydrogen-bond acceptors (Lipinski definition) is 4. The lowest BCUT2D eigenvalue weighted by atomic mass is 9.93. The Morgan fingerprint density at radius 1 is 1.24 bits per heavy atom. The summed E-state index contributed by atoms with van der Waals surface area (Å²) in [5.41, 5.74) is 5.01. The summed E-state index contributed by atoms with van der Waals surface area (Å²) >= 11 is 0. The highest BCUT2D eigenvalue weighted by Gasteiger charge is 2.34. The summed E-state index contributed by atoms with van der Waals surface area (Å²) in [5, 5.41) is 2.63. The lowest BCUT2D eigenvalue weighted by Crippen LogP contribution is -2.56.